The van der Waals surface area contributed by atoms with Gasteiger partial charge in [-0.2, -0.15) is 0 Å². The molecule has 1 heterocycles. The molecule has 0 aromatic heterocycles. The summed E-state index contributed by atoms with van der Waals surface area (Å²) in [5, 5.41) is 3.30. The van der Waals surface area contributed by atoms with Crippen molar-refractivity contribution in [3.8, 4) is 5.75 Å². The normalized spacial score (nSPS) is 16.9. The van der Waals surface area contributed by atoms with Gasteiger partial charge in [0.2, 0.25) is 0 Å². The van der Waals surface area contributed by atoms with Gasteiger partial charge in [-0.15, -0.1) is 0 Å². The van der Waals surface area contributed by atoms with Crippen LogP contribution in [0.2, 0.25) is 0 Å². The number of piperidine rings is 1. The minimum absolute atomic E-state index is 0.0231. The molecule has 0 saturated carbocycles. The summed E-state index contributed by atoms with van der Waals surface area (Å²) in [6, 6.07) is 5.98. The van der Waals surface area contributed by atoms with E-state index in [0.717, 1.165) is 31.9 Å². The lowest BCUT2D eigenvalue weighted by atomic mass is 9.97. The molecule has 0 radical (unpaired) electrons. The van der Waals surface area contributed by atoms with Crippen LogP contribution in [0, 0.1) is 11.7 Å². The first-order valence-electron chi connectivity index (χ1n) is 9.08. The summed E-state index contributed by atoms with van der Waals surface area (Å²) in [7, 11) is 1.74. The Morgan fingerprint density at radius 1 is 1.35 bits per heavy atom. The number of rotatable bonds is 6. The molecule has 2 rings (SSSR count). The highest BCUT2D eigenvalue weighted by molar-refractivity contribution is 5.80. The number of hydrogen-bond donors (Lipinski definition) is 1. The average molecular weight is 365 g/mol. The molecule has 26 heavy (non-hydrogen) atoms. The van der Waals surface area contributed by atoms with Gasteiger partial charge in [-0.3, -0.25) is 9.79 Å². The Morgan fingerprint density at radius 3 is 2.58 bits per heavy atom. The molecule has 1 fully saturated rings. The summed E-state index contributed by atoms with van der Waals surface area (Å²) in [6.07, 6.45) is 1.43. The van der Waals surface area contributed by atoms with Gasteiger partial charge >= 0.3 is 5.97 Å². The molecule has 144 valence electrons. The number of aliphatic imine (C=N–C) groups is 1. The van der Waals surface area contributed by atoms with Gasteiger partial charge in [0, 0.05) is 20.1 Å². The van der Waals surface area contributed by atoms with Gasteiger partial charge in [0.15, 0.2) is 5.96 Å². The van der Waals surface area contributed by atoms with Crippen LogP contribution in [0.15, 0.2) is 29.3 Å². The summed E-state index contributed by atoms with van der Waals surface area (Å²) in [6.45, 7) is 6.29. The van der Waals surface area contributed by atoms with E-state index in [-0.39, 0.29) is 23.8 Å². The van der Waals surface area contributed by atoms with Crippen molar-refractivity contribution in [1.82, 2.24) is 10.2 Å². The van der Waals surface area contributed by atoms with E-state index in [1.54, 1.807) is 19.2 Å². The van der Waals surface area contributed by atoms with Crippen molar-refractivity contribution in [2.45, 2.75) is 32.8 Å². The monoisotopic (exact) mass is 365 g/mol. The predicted molar refractivity (Wildman–Crippen MR) is 98.8 cm³/mol. The van der Waals surface area contributed by atoms with E-state index < -0.39 is 0 Å². The van der Waals surface area contributed by atoms with Gasteiger partial charge in [-0.05, 0) is 51.0 Å². The molecular formula is C19H28FN3O3. The third-order valence-corrected chi connectivity index (χ3v) is 4.32. The molecule has 0 bridgehead atoms. The summed E-state index contributed by atoms with van der Waals surface area (Å²) in [5.41, 5.74) is 0. The Bertz CT molecular complexity index is 599. The number of benzene rings is 1. The van der Waals surface area contributed by atoms with E-state index in [1.165, 1.54) is 12.1 Å². The SMILES string of the molecule is CCOC(=O)C1CCN(C(=NC)NCC(C)Oc2ccc(F)cc2)CC1. The number of ether oxygens (including phenoxy) is 2. The number of carbonyl (C=O) groups excluding carboxylic acids is 1. The van der Waals surface area contributed by atoms with E-state index in [9.17, 15) is 9.18 Å². The van der Waals surface area contributed by atoms with Crippen molar-refractivity contribution in [3.05, 3.63) is 30.1 Å². The number of esters is 1. The van der Waals surface area contributed by atoms with Crippen molar-refractivity contribution in [2.75, 3.05) is 33.3 Å². The summed E-state index contributed by atoms with van der Waals surface area (Å²) in [5.74, 6) is 1.02. The molecule has 6 nitrogen and oxygen atoms in total. The molecule has 0 amide bonds. The van der Waals surface area contributed by atoms with Crippen LogP contribution >= 0.6 is 0 Å². The first-order chi connectivity index (χ1) is 12.5. The lowest BCUT2D eigenvalue weighted by Crippen LogP contribution is -2.48. The number of halogens is 1. The van der Waals surface area contributed by atoms with Gasteiger partial charge in [-0.25, -0.2) is 4.39 Å². The Hall–Kier alpha value is -2.31. The highest BCUT2D eigenvalue weighted by Crippen LogP contribution is 2.19. The first-order valence-corrected chi connectivity index (χ1v) is 9.08. The van der Waals surface area contributed by atoms with Gasteiger partial charge in [-0.1, -0.05) is 0 Å². The average Bonchev–Trinajstić information content (AvgIpc) is 2.65. The maximum atomic E-state index is 12.9. The van der Waals surface area contributed by atoms with E-state index in [0.29, 0.717) is 18.9 Å². The molecule has 1 aromatic carbocycles. The predicted octanol–water partition coefficient (Wildman–Crippen LogP) is 2.44. The maximum absolute atomic E-state index is 12.9. The largest absolute Gasteiger partial charge is 0.489 e. The first kappa shape index (κ1) is 20.0. The molecular weight excluding hydrogens is 337 g/mol. The number of nitrogens with one attached hydrogen (secondary N) is 1. The number of hydrogen-bond acceptors (Lipinski definition) is 4. The van der Waals surface area contributed by atoms with Crippen LogP contribution in [0.4, 0.5) is 4.39 Å². The molecule has 1 aromatic rings. The number of nitrogens with zero attached hydrogens (tertiary/aromatic N) is 2. The fourth-order valence-electron chi connectivity index (χ4n) is 2.94. The second-order valence-electron chi connectivity index (χ2n) is 6.32. The van der Waals surface area contributed by atoms with Gasteiger partial charge in [0.25, 0.3) is 0 Å². The lowest BCUT2D eigenvalue weighted by Gasteiger charge is -2.33. The molecule has 7 heteroatoms. The van der Waals surface area contributed by atoms with Crippen LogP contribution in [0.3, 0.4) is 0 Å². The van der Waals surface area contributed by atoms with Gasteiger partial charge in [0.05, 0.1) is 19.1 Å². The highest BCUT2D eigenvalue weighted by atomic mass is 19.1. The molecule has 0 aliphatic carbocycles. The highest BCUT2D eigenvalue weighted by Gasteiger charge is 2.27. The van der Waals surface area contributed by atoms with Crippen molar-refractivity contribution in [2.24, 2.45) is 10.9 Å². The number of guanidine groups is 1. The molecule has 1 aliphatic heterocycles. The van der Waals surface area contributed by atoms with Crippen LogP contribution in [-0.2, 0) is 9.53 Å². The molecule has 1 unspecified atom stereocenters. The Labute approximate surface area is 154 Å². The quantitative estimate of drug-likeness (QED) is 0.477. The Morgan fingerprint density at radius 2 is 2.00 bits per heavy atom. The molecule has 1 aliphatic rings. The molecule has 0 spiro atoms. The van der Waals surface area contributed by atoms with Gasteiger partial charge < -0.3 is 19.7 Å². The summed E-state index contributed by atoms with van der Waals surface area (Å²) >= 11 is 0. The maximum Gasteiger partial charge on any atom is 0.309 e. The molecule has 1 N–H and O–H groups in total. The molecule has 1 atom stereocenters. The van der Waals surface area contributed by atoms with E-state index in [2.05, 4.69) is 15.2 Å². The zero-order valence-electron chi connectivity index (χ0n) is 15.7. The summed E-state index contributed by atoms with van der Waals surface area (Å²) in [4.78, 5) is 18.3. The lowest BCUT2D eigenvalue weighted by molar-refractivity contribution is -0.149. The van der Waals surface area contributed by atoms with Crippen molar-refractivity contribution in [3.63, 3.8) is 0 Å². The van der Waals surface area contributed by atoms with Crippen LogP contribution in [0.1, 0.15) is 26.7 Å². The van der Waals surface area contributed by atoms with E-state index >= 15 is 0 Å². The fourth-order valence-corrected chi connectivity index (χ4v) is 2.94. The van der Waals surface area contributed by atoms with Crippen LogP contribution < -0.4 is 10.1 Å². The van der Waals surface area contributed by atoms with E-state index in [1.807, 2.05) is 13.8 Å². The Balaban J connectivity index is 1.77. The second-order valence-corrected chi connectivity index (χ2v) is 6.32. The zero-order chi connectivity index (χ0) is 18.9. The molecule has 1 saturated heterocycles. The standard InChI is InChI=1S/C19H28FN3O3/c1-4-25-18(24)15-9-11-23(12-10-15)19(21-3)22-13-14(2)26-17-7-5-16(20)6-8-17/h5-8,14-15H,4,9-13H2,1-3H3,(H,21,22). The number of likely N-dealkylation sites (tertiary alicyclic amines) is 1. The third-order valence-electron chi connectivity index (χ3n) is 4.32. The van der Waals surface area contributed by atoms with Crippen LogP contribution in [0.5, 0.6) is 5.75 Å². The van der Waals surface area contributed by atoms with Crippen LogP contribution in [0.25, 0.3) is 0 Å². The fraction of sp³-hybridized carbons (Fsp3) is 0.579. The minimum Gasteiger partial charge on any atom is -0.489 e. The van der Waals surface area contributed by atoms with Gasteiger partial charge in [0.1, 0.15) is 17.7 Å². The van der Waals surface area contributed by atoms with Crippen molar-refractivity contribution >= 4 is 11.9 Å². The Kier molecular flexibility index (Phi) is 7.69. The van der Waals surface area contributed by atoms with Crippen molar-refractivity contribution < 1.29 is 18.7 Å². The topological polar surface area (TPSA) is 63.2 Å². The summed E-state index contributed by atoms with van der Waals surface area (Å²) < 4.78 is 23.8. The second kappa shape index (κ2) is 9.99. The third kappa shape index (κ3) is 5.89. The smallest absolute Gasteiger partial charge is 0.309 e. The zero-order valence-corrected chi connectivity index (χ0v) is 15.7. The number of carbonyl (C=O) groups is 1. The minimum atomic E-state index is -0.283. The van der Waals surface area contributed by atoms with E-state index in [4.69, 9.17) is 9.47 Å². The van der Waals surface area contributed by atoms with Crippen molar-refractivity contribution in [1.29, 1.82) is 0 Å². The van der Waals surface area contributed by atoms with Crippen LogP contribution in [-0.4, -0.2) is 56.2 Å².